The van der Waals surface area contributed by atoms with Crippen molar-refractivity contribution in [2.45, 2.75) is 0 Å². The molecule has 0 spiro atoms. The molecule has 0 atom stereocenters. The van der Waals surface area contributed by atoms with Crippen LogP contribution in [-0.2, 0) is 0 Å². The van der Waals surface area contributed by atoms with E-state index < -0.39 is 0 Å². The first-order chi connectivity index (χ1) is 11.7. The Balaban J connectivity index is 1.96. The Morgan fingerprint density at radius 2 is 1.67 bits per heavy atom. The molecule has 0 fully saturated rings. The number of nitrogens with zero attached hydrogens (tertiary/aromatic N) is 3. The zero-order valence-corrected chi connectivity index (χ0v) is 13.3. The molecular weight excluding hydrogens is 322 g/mol. The van der Waals surface area contributed by atoms with Crippen LogP contribution in [0.3, 0.4) is 0 Å². The van der Waals surface area contributed by atoms with Gasteiger partial charge < -0.3 is 0 Å². The van der Waals surface area contributed by atoms with Crippen molar-refractivity contribution in [1.82, 2.24) is 14.6 Å². The van der Waals surface area contributed by atoms with Crippen molar-refractivity contribution < 1.29 is 4.79 Å². The topological polar surface area (TPSA) is 47.3 Å². The van der Waals surface area contributed by atoms with Crippen molar-refractivity contribution >= 4 is 23.5 Å². The van der Waals surface area contributed by atoms with Crippen LogP contribution in [-0.4, -0.2) is 20.9 Å². The van der Waals surface area contributed by atoms with Crippen LogP contribution in [0.1, 0.15) is 10.5 Å². The summed E-state index contributed by atoms with van der Waals surface area (Å²) in [7, 11) is 0. The standard InChI is InChI=1S/C19H12ClN3O/c20-15-8-6-14(7-9-15)18-10-16(12-24)21-19-11-17(22-23(18)19)13-4-2-1-3-5-13/h1-12H. The second kappa shape index (κ2) is 5.91. The molecule has 0 aliphatic carbocycles. The fraction of sp³-hybridized carbons (Fsp3) is 0. The molecule has 0 saturated carbocycles. The van der Waals surface area contributed by atoms with Gasteiger partial charge in [-0.3, -0.25) is 4.79 Å². The van der Waals surface area contributed by atoms with Crippen molar-refractivity contribution in [3.8, 4) is 22.5 Å². The van der Waals surface area contributed by atoms with E-state index in [1.54, 1.807) is 10.6 Å². The van der Waals surface area contributed by atoms with E-state index in [1.165, 1.54) is 0 Å². The van der Waals surface area contributed by atoms with E-state index in [0.29, 0.717) is 16.4 Å². The smallest absolute Gasteiger partial charge is 0.168 e. The minimum Gasteiger partial charge on any atom is -0.296 e. The maximum Gasteiger partial charge on any atom is 0.168 e. The zero-order chi connectivity index (χ0) is 16.5. The molecule has 5 heteroatoms. The maximum absolute atomic E-state index is 11.3. The summed E-state index contributed by atoms with van der Waals surface area (Å²) in [6, 6.07) is 20.9. The number of halogens is 1. The summed E-state index contributed by atoms with van der Waals surface area (Å²) in [5.74, 6) is 0. The molecule has 4 nitrogen and oxygen atoms in total. The number of hydrogen-bond acceptors (Lipinski definition) is 3. The van der Waals surface area contributed by atoms with Gasteiger partial charge in [0.15, 0.2) is 11.9 Å². The Kier molecular flexibility index (Phi) is 3.59. The predicted octanol–water partition coefficient (Wildman–Crippen LogP) is 4.53. The van der Waals surface area contributed by atoms with E-state index in [1.807, 2.05) is 60.7 Å². The lowest BCUT2D eigenvalue weighted by Crippen LogP contribution is -1.99. The molecule has 24 heavy (non-hydrogen) atoms. The molecule has 0 saturated heterocycles. The number of fused-ring (bicyclic) bond motifs is 1. The van der Waals surface area contributed by atoms with Gasteiger partial charge in [0.1, 0.15) is 5.69 Å². The number of carbonyl (C=O) groups is 1. The van der Waals surface area contributed by atoms with Gasteiger partial charge in [-0.15, -0.1) is 0 Å². The van der Waals surface area contributed by atoms with E-state index in [0.717, 1.165) is 28.8 Å². The van der Waals surface area contributed by atoms with Gasteiger partial charge in [0.25, 0.3) is 0 Å². The second-order valence-corrected chi connectivity index (χ2v) is 5.79. The Hall–Kier alpha value is -2.98. The number of benzene rings is 2. The van der Waals surface area contributed by atoms with Crippen LogP contribution in [0.2, 0.25) is 5.02 Å². The van der Waals surface area contributed by atoms with E-state index in [4.69, 9.17) is 11.6 Å². The third kappa shape index (κ3) is 2.57. The summed E-state index contributed by atoms with van der Waals surface area (Å²) in [6.07, 6.45) is 0.745. The molecule has 0 aliphatic rings. The van der Waals surface area contributed by atoms with E-state index >= 15 is 0 Å². The molecule has 0 bridgehead atoms. The van der Waals surface area contributed by atoms with Gasteiger partial charge >= 0.3 is 0 Å². The average Bonchev–Trinajstić information content (AvgIpc) is 3.06. The lowest BCUT2D eigenvalue weighted by atomic mass is 10.1. The Morgan fingerprint density at radius 3 is 2.38 bits per heavy atom. The summed E-state index contributed by atoms with van der Waals surface area (Å²) >= 11 is 5.97. The molecule has 0 N–H and O–H groups in total. The minimum absolute atomic E-state index is 0.368. The summed E-state index contributed by atoms with van der Waals surface area (Å²) in [4.78, 5) is 15.6. The van der Waals surface area contributed by atoms with Gasteiger partial charge in [0.2, 0.25) is 0 Å². The van der Waals surface area contributed by atoms with Gasteiger partial charge in [-0.1, -0.05) is 54.1 Å². The van der Waals surface area contributed by atoms with Crippen LogP contribution >= 0.6 is 11.6 Å². The molecule has 4 aromatic rings. The summed E-state index contributed by atoms with van der Waals surface area (Å²) < 4.78 is 1.75. The van der Waals surface area contributed by atoms with E-state index in [2.05, 4.69) is 10.1 Å². The molecule has 0 radical (unpaired) electrons. The van der Waals surface area contributed by atoms with Gasteiger partial charge in [-0.25, -0.2) is 9.50 Å². The zero-order valence-electron chi connectivity index (χ0n) is 12.6. The highest BCUT2D eigenvalue weighted by Crippen LogP contribution is 2.25. The molecule has 0 amide bonds. The van der Waals surface area contributed by atoms with Crippen molar-refractivity contribution in [3.63, 3.8) is 0 Å². The molecule has 4 rings (SSSR count). The molecule has 2 heterocycles. The summed E-state index contributed by atoms with van der Waals surface area (Å²) in [5, 5.41) is 5.32. The Bertz CT molecular complexity index is 1020. The monoisotopic (exact) mass is 333 g/mol. The molecule has 0 unspecified atom stereocenters. The largest absolute Gasteiger partial charge is 0.296 e. The first-order valence-electron chi connectivity index (χ1n) is 7.42. The van der Waals surface area contributed by atoms with Crippen molar-refractivity contribution in [1.29, 1.82) is 0 Å². The molecule has 2 aromatic heterocycles. The Labute approximate surface area is 143 Å². The third-order valence-electron chi connectivity index (χ3n) is 3.78. The second-order valence-electron chi connectivity index (χ2n) is 5.36. The molecular formula is C19H12ClN3O. The van der Waals surface area contributed by atoms with Crippen molar-refractivity contribution in [3.05, 3.63) is 77.4 Å². The van der Waals surface area contributed by atoms with Gasteiger partial charge in [-0.05, 0) is 18.2 Å². The maximum atomic E-state index is 11.3. The van der Waals surface area contributed by atoms with E-state index in [9.17, 15) is 4.79 Å². The molecule has 116 valence electrons. The minimum atomic E-state index is 0.368. The van der Waals surface area contributed by atoms with Crippen LogP contribution in [0.25, 0.3) is 28.2 Å². The molecule has 0 aliphatic heterocycles. The van der Waals surface area contributed by atoms with Crippen LogP contribution in [0.5, 0.6) is 0 Å². The number of aldehydes is 1. The normalized spacial score (nSPS) is 10.9. The predicted molar refractivity (Wildman–Crippen MR) is 94.3 cm³/mol. The van der Waals surface area contributed by atoms with Gasteiger partial charge in [-0.2, -0.15) is 5.10 Å². The van der Waals surface area contributed by atoms with Crippen molar-refractivity contribution in [2.24, 2.45) is 0 Å². The van der Waals surface area contributed by atoms with Crippen molar-refractivity contribution in [2.75, 3.05) is 0 Å². The highest BCUT2D eigenvalue weighted by molar-refractivity contribution is 6.30. The lowest BCUT2D eigenvalue weighted by molar-refractivity contribution is 0.111. The first kappa shape index (κ1) is 14.6. The van der Waals surface area contributed by atoms with Gasteiger partial charge in [0, 0.05) is 22.2 Å². The number of aromatic nitrogens is 3. The first-order valence-corrected chi connectivity index (χ1v) is 7.80. The number of rotatable bonds is 3. The lowest BCUT2D eigenvalue weighted by Gasteiger charge is -2.06. The van der Waals surface area contributed by atoms with Gasteiger partial charge in [0.05, 0.1) is 11.4 Å². The molecule has 2 aromatic carbocycles. The fourth-order valence-electron chi connectivity index (χ4n) is 2.63. The van der Waals surface area contributed by atoms with Crippen LogP contribution in [0, 0.1) is 0 Å². The fourth-order valence-corrected chi connectivity index (χ4v) is 2.76. The SMILES string of the molecule is O=Cc1cc(-c2ccc(Cl)cc2)n2nc(-c3ccccc3)cc2n1. The van der Waals surface area contributed by atoms with E-state index in [-0.39, 0.29) is 0 Å². The highest BCUT2D eigenvalue weighted by atomic mass is 35.5. The number of carbonyl (C=O) groups excluding carboxylic acids is 1. The number of hydrogen-bond donors (Lipinski definition) is 0. The average molecular weight is 334 g/mol. The quantitative estimate of drug-likeness (QED) is 0.517. The highest BCUT2D eigenvalue weighted by Gasteiger charge is 2.12. The van der Waals surface area contributed by atoms with Crippen LogP contribution < -0.4 is 0 Å². The third-order valence-corrected chi connectivity index (χ3v) is 4.03. The van der Waals surface area contributed by atoms with Crippen LogP contribution in [0.15, 0.2) is 66.7 Å². The Morgan fingerprint density at radius 1 is 0.917 bits per heavy atom. The van der Waals surface area contributed by atoms with Crippen LogP contribution in [0.4, 0.5) is 0 Å². The summed E-state index contributed by atoms with van der Waals surface area (Å²) in [6.45, 7) is 0. The summed E-state index contributed by atoms with van der Waals surface area (Å²) in [5.41, 5.74) is 4.51.